The van der Waals surface area contributed by atoms with E-state index in [1.54, 1.807) is 59.0 Å². The molecular weight excluding hydrogens is 482 g/mol. The highest BCUT2D eigenvalue weighted by molar-refractivity contribution is 7.09. The molecule has 3 heterocycles. The van der Waals surface area contributed by atoms with Crippen molar-refractivity contribution < 1.29 is 29.0 Å². The Morgan fingerprint density at radius 3 is 2.72 bits per heavy atom. The van der Waals surface area contributed by atoms with Gasteiger partial charge in [0.1, 0.15) is 6.04 Å². The number of allylic oxidation sites excluding steroid dienone is 2. The summed E-state index contributed by atoms with van der Waals surface area (Å²) < 4.78 is 10.8. The zero-order valence-corrected chi connectivity index (χ0v) is 20.8. The maximum atomic E-state index is 13.6. The van der Waals surface area contributed by atoms with E-state index in [1.165, 1.54) is 4.90 Å². The van der Waals surface area contributed by atoms with Crippen molar-refractivity contribution in [3.63, 3.8) is 0 Å². The van der Waals surface area contributed by atoms with Crippen molar-refractivity contribution in [1.82, 2.24) is 15.1 Å². The van der Waals surface area contributed by atoms with Crippen molar-refractivity contribution >= 4 is 29.2 Å². The van der Waals surface area contributed by atoms with Crippen LogP contribution in [0.15, 0.2) is 60.3 Å². The Balaban J connectivity index is 1.56. The molecule has 2 aliphatic heterocycles. The van der Waals surface area contributed by atoms with Crippen LogP contribution in [0, 0.1) is 0 Å². The van der Waals surface area contributed by atoms with Crippen LogP contribution in [-0.2, 0) is 16.1 Å². The van der Waals surface area contributed by atoms with Gasteiger partial charge in [0, 0.05) is 17.3 Å². The molecule has 0 saturated carbocycles. The SMILES string of the molecule is CCCC[C@@H](C(=O)N[C@@H](CC(=O)O)c1ccc2c(c1)OCO2)N1C=CC=CN(Cc2cccs2)C1=O. The predicted octanol–water partition coefficient (Wildman–Crippen LogP) is 4.63. The Kier molecular flexibility index (Phi) is 8.27. The molecule has 2 aliphatic rings. The van der Waals surface area contributed by atoms with E-state index < -0.39 is 24.0 Å². The summed E-state index contributed by atoms with van der Waals surface area (Å²) in [6, 6.07) is 7.05. The molecule has 1 aromatic carbocycles. The summed E-state index contributed by atoms with van der Waals surface area (Å²) in [5.74, 6) is -0.400. The van der Waals surface area contributed by atoms with Gasteiger partial charge in [0.25, 0.3) is 0 Å². The van der Waals surface area contributed by atoms with E-state index in [2.05, 4.69) is 5.32 Å². The zero-order valence-electron chi connectivity index (χ0n) is 20.0. The second-order valence-corrected chi connectivity index (χ2v) is 9.54. The number of rotatable bonds is 11. The van der Waals surface area contributed by atoms with Gasteiger partial charge >= 0.3 is 12.0 Å². The summed E-state index contributed by atoms with van der Waals surface area (Å²) in [4.78, 5) is 42.8. The number of aliphatic carboxylic acids is 1. The van der Waals surface area contributed by atoms with Crippen molar-refractivity contribution in [2.24, 2.45) is 0 Å². The lowest BCUT2D eigenvalue weighted by Crippen LogP contribution is -2.50. The fourth-order valence-electron chi connectivity index (χ4n) is 4.12. The van der Waals surface area contributed by atoms with Gasteiger partial charge in [-0.15, -0.1) is 11.3 Å². The predicted molar refractivity (Wildman–Crippen MR) is 134 cm³/mol. The number of hydrogen-bond acceptors (Lipinski definition) is 6. The summed E-state index contributed by atoms with van der Waals surface area (Å²) in [6.45, 7) is 2.50. The highest BCUT2D eigenvalue weighted by Gasteiger charge is 2.33. The quantitative estimate of drug-likeness (QED) is 0.455. The van der Waals surface area contributed by atoms with Gasteiger partial charge in [-0.25, -0.2) is 4.79 Å². The Bertz CT molecular complexity index is 1150. The number of hydrogen-bond donors (Lipinski definition) is 2. The molecule has 0 aliphatic carbocycles. The number of ether oxygens (including phenoxy) is 2. The van der Waals surface area contributed by atoms with Crippen LogP contribution in [-0.4, -0.2) is 45.6 Å². The molecule has 3 amide bonds. The number of carbonyl (C=O) groups excluding carboxylic acids is 2. The number of thiophene rings is 1. The third-order valence-corrected chi connectivity index (χ3v) is 6.82. The number of urea groups is 1. The van der Waals surface area contributed by atoms with Gasteiger partial charge in [0.05, 0.1) is 19.0 Å². The van der Waals surface area contributed by atoms with Crippen LogP contribution in [0.4, 0.5) is 4.79 Å². The second-order valence-electron chi connectivity index (χ2n) is 8.51. The third kappa shape index (κ3) is 6.06. The number of fused-ring (bicyclic) bond motifs is 1. The number of benzene rings is 1. The molecule has 0 radical (unpaired) electrons. The van der Waals surface area contributed by atoms with Crippen molar-refractivity contribution in [3.05, 3.63) is 70.7 Å². The molecule has 2 N–H and O–H groups in total. The summed E-state index contributed by atoms with van der Waals surface area (Å²) in [7, 11) is 0. The molecule has 4 rings (SSSR count). The number of nitrogens with one attached hydrogen (secondary N) is 1. The Morgan fingerprint density at radius 2 is 1.97 bits per heavy atom. The Hall–Kier alpha value is -3.79. The van der Waals surface area contributed by atoms with E-state index in [0.29, 0.717) is 30.0 Å². The van der Waals surface area contributed by atoms with E-state index >= 15 is 0 Å². The monoisotopic (exact) mass is 511 g/mol. The highest BCUT2D eigenvalue weighted by atomic mass is 32.1. The molecule has 2 aromatic rings. The molecule has 0 saturated heterocycles. The average molecular weight is 512 g/mol. The zero-order chi connectivity index (χ0) is 25.5. The molecule has 1 aromatic heterocycles. The first-order valence-corrected chi connectivity index (χ1v) is 12.7. The van der Waals surface area contributed by atoms with E-state index in [-0.39, 0.29) is 19.2 Å². The Labute approximate surface area is 213 Å². The molecule has 0 unspecified atom stereocenters. The maximum absolute atomic E-state index is 13.6. The number of carboxylic acid groups (broad SMARTS) is 1. The fourth-order valence-corrected chi connectivity index (χ4v) is 4.82. The highest BCUT2D eigenvalue weighted by Crippen LogP contribution is 2.35. The van der Waals surface area contributed by atoms with E-state index in [0.717, 1.165) is 17.7 Å². The lowest BCUT2D eigenvalue weighted by Gasteiger charge is -2.32. The normalized spacial score (nSPS) is 16.1. The standard InChI is InChI=1S/C26H29N3O6S/c1-2-3-8-21(29-12-5-4-11-28(26(29)33)16-19-7-6-13-36-19)25(32)27-20(15-24(30)31)18-9-10-22-23(14-18)35-17-34-22/h4-7,9-14,20-21H,2-3,8,15-17H2,1H3,(H,27,32)(H,30,31)/t20-,21-/m0/s1. The van der Waals surface area contributed by atoms with Crippen molar-refractivity contribution in [1.29, 1.82) is 0 Å². The van der Waals surface area contributed by atoms with Crippen molar-refractivity contribution in [2.75, 3.05) is 6.79 Å². The van der Waals surface area contributed by atoms with E-state index in [4.69, 9.17) is 9.47 Å². The van der Waals surface area contributed by atoms with Gasteiger partial charge in [-0.1, -0.05) is 31.9 Å². The summed E-state index contributed by atoms with van der Waals surface area (Å²) >= 11 is 1.55. The van der Waals surface area contributed by atoms with E-state index in [9.17, 15) is 19.5 Å². The van der Waals surface area contributed by atoms with Crippen LogP contribution >= 0.6 is 11.3 Å². The first-order valence-electron chi connectivity index (χ1n) is 11.8. The first-order chi connectivity index (χ1) is 17.5. The van der Waals surface area contributed by atoms with E-state index in [1.807, 2.05) is 24.4 Å². The van der Waals surface area contributed by atoms with Crippen molar-refractivity contribution in [3.8, 4) is 11.5 Å². The molecule has 9 nitrogen and oxygen atoms in total. The summed E-state index contributed by atoms with van der Waals surface area (Å²) in [6.07, 6.45) is 8.49. The molecule has 0 spiro atoms. The number of carboxylic acids is 1. The average Bonchev–Trinajstić information content (AvgIpc) is 3.51. The Morgan fingerprint density at radius 1 is 1.17 bits per heavy atom. The minimum absolute atomic E-state index is 0.0905. The van der Waals surface area contributed by atoms with Crippen LogP contribution in [0.1, 0.15) is 49.1 Å². The van der Waals surface area contributed by atoms with Gasteiger partial charge < -0.3 is 19.9 Å². The summed E-state index contributed by atoms with van der Waals surface area (Å²) in [5, 5.41) is 14.4. The topological polar surface area (TPSA) is 108 Å². The third-order valence-electron chi connectivity index (χ3n) is 5.96. The van der Waals surface area contributed by atoms with Crippen molar-refractivity contribution in [2.45, 2.75) is 51.2 Å². The first kappa shape index (κ1) is 25.3. The molecule has 0 bridgehead atoms. The molecule has 0 fully saturated rings. The molecule has 190 valence electrons. The second kappa shape index (κ2) is 11.8. The number of amides is 3. The van der Waals surface area contributed by atoms with Gasteiger partial charge in [-0.05, 0) is 47.7 Å². The van der Waals surface area contributed by atoms with Gasteiger partial charge in [-0.3, -0.25) is 19.4 Å². The van der Waals surface area contributed by atoms with Crippen LogP contribution in [0.2, 0.25) is 0 Å². The van der Waals surface area contributed by atoms with Crippen LogP contribution in [0.5, 0.6) is 11.5 Å². The maximum Gasteiger partial charge on any atom is 0.329 e. The van der Waals surface area contributed by atoms with Crippen LogP contribution in [0.3, 0.4) is 0 Å². The smallest absolute Gasteiger partial charge is 0.329 e. The van der Waals surface area contributed by atoms with Gasteiger partial charge in [0.2, 0.25) is 12.7 Å². The molecule has 10 heteroatoms. The number of unbranched alkanes of at least 4 members (excludes halogenated alkanes) is 1. The minimum Gasteiger partial charge on any atom is -0.481 e. The number of carbonyl (C=O) groups is 3. The minimum atomic E-state index is -1.06. The summed E-state index contributed by atoms with van der Waals surface area (Å²) in [5.41, 5.74) is 0.586. The van der Waals surface area contributed by atoms with Crippen LogP contribution in [0.25, 0.3) is 0 Å². The molecule has 2 atom stereocenters. The molecule has 36 heavy (non-hydrogen) atoms. The van der Waals surface area contributed by atoms with Gasteiger partial charge in [0.15, 0.2) is 11.5 Å². The number of nitrogens with zero attached hydrogens (tertiary/aromatic N) is 2. The van der Waals surface area contributed by atoms with Crippen LogP contribution < -0.4 is 14.8 Å². The molecular formula is C26H29N3O6S. The van der Waals surface area contributed by atoms with Gasteiger partial charge in [-0.2, -0.15) is 0 Å². The fraction of sp³-hybridized carbons (Fsp3) is 0.346. The lowest BCUT2D eigenvalue weighted by molar-refractivity contribution is -0.138. The largest absolute Gasteiger partial charge is 0.481 e. The lowest BCUT2D eigenvalue weighted by atomic mass is 10.0.